The first-order valence-electron chi connectivity index (χ1n) is 5.63. The predicted octanol–water partition coefficient (Wildman–Crippen LogP) is 1.14. The maximum atomic E-state index is 10.2. The fourth-order valence-corrected chi connectivity index (χ4v) is 3.14. The van der Waals surface area contributed by atoms with Gasteiger partial charge in [-0.1, -0.05) is 6.92 Å². The lowest BCUT2D eigenvalue weighted by molar-refractivity contribution is -0.0469. The Morgan fingerprint density at radius 3 is 2.69 bits per heavy atom. The summed E-state index contributed by atoms with van der Waals surface area (Å²) in [4.78, 5) is 0. The topological polar surface area (TPSA) is 64.1 Å². The molecule has 2 rings (SSSR count). The summed E-state index contributed by atoms with van der Waals surface area (Å²) in [6.07, 6.45) is 2.90. The number of halogens is 1. The highest BCUT2D eigenvalue weighted by atomic mass is 79.9. The van der Waals surface area contributed by atoms with Crippen molar-refractivity contribution >= 4 is 15.9 Å². The van der Waals surface area contributed by atoms with Crippen molar-refractivity contribution < 1.29 is 5.11 Å². The second kappa shape index (κ2) is 4.13. The first kappa shape index (κ1) is 12.1. The van der Waals surface area contributed by atoms with Crippen LogP contribution < -0.4 is 5.73 Å². The molecule has 5 heteroatoms. The van der Waals surface area contributed by atoms with Gasteiger partial charge in [0.15, 0.2) is 0 Å². The molecular formula is C11H18BrN3O. The molecule has 3 N–H and O–H groups in total. The molecule has 0 saturated heterocycles. The van der Waals surface area contributed by atoms with Crippen LogP contribution in [0.5, 0.6) is 0 Å². The normalized spacial score (nSPS) is 29.2. The Balaban J connectivity index is 2.18. The zero-order valence-electron chi connectivity index (χ0n) is 9.70. The molecule has 0 bridgehead atoms. The second-order valence-corrected chi connectivity index (χ2v) is 5.55. The number of hydrogen-bond acceptors (Lipinski definition) is 3. The number of nitrogens with two attached hydrogens (primary N) is 1. The fourth-order valence-electron chi connectivity index (χ4n) is 2.38. The molecule has 0 unspecified atom stereocenters. The highest BCUT2D eigenvalue weighted by Crippen LogP contribution is 2.36. The molecule has 0 radical (unpaired) electrons. The van der Waals surface area contributed by atoms with E-state index in [4.69, 9.17) is 5.73 Å². The summed E-state index contributed by atoms with van der Waals surface area (Å²) >= 11 is 3.56. The Hall–Kier alpha value is -0.390. The van der Waals surface area contributed by atoms with Crippen LogP contribution in [0.15, 0.2) is 4.47 Å². The average Bonchev–Trinajstić information content (AvgIpc) is 2.43. The molecule has 1 fully saturated rings. The van der Waals surface area contributed by atoms with Crippen molar-refractivity contribution in [1.29, 1.82) is 0 Å². The van der Waals surface area contributed by atoms with Crippen molar-refractivity contribution in [3.8, 4) is 0 Å². The number of rotatable bonds is 3. The molecular weight excluding hydrogens is 270 g/mol. The summed E-state index contributed by atoms with van der Waals surface area (Å²) in [7, 11) is 1.92. The van der Waals surface area contributed by atoms with Gasteiger partial charge in [-0.05, 0) is 35.2 Å². The van der Waals surface area contributed by atoms with Gasteiger partial charge >= 0.3 is 0 Å². The molecule has 1 aliphatic carbocycles. The zero-order chi connectivity index (χ0) is 11.9. The van der Waals surface area contributed by atoms with Gasteiger partial charge < -0.3 is 10.8 Å². The Morgan fingerprint density at radius 1 is 1.62 bits per heavy atom. The SMILES string of the molecule is CCc1nn(C)c(CC2(O)CC(N)C2)c1Br. The standard InChI is InChI=1S/C11H18BrN3O/c1-3-8-10(12)9(15(2)14-8)6-11(16)4-7(13)5-11/h7,16H,3-6,13H2,1-2H3. The van der Waals surface area contributed by atoms with E-state index in [9.17, 15) is 5.11 Å². The van der Waals surface area contributed by atoms with Crippen LogP contribution in [0.1, 0.15) is 31.2 Å². The molecule has 4 nitrogen and oxygen atoms in total. The highest BCUT2D eigenvalue weighted by molar-refractivity contribution is 9.10. The van der Waals surface area contributed by atoms with Crippen molar-refractivity contribution in [2.24, 2.45) is 12.8 Å². The van der Waals surface area contributed by atoms with Gasteiger partial charge in [0.25, 0.3) is 0 Å². The minimum atomic E-state index is -0.624. The maximum Gasteiger partial charge on any atom is 0.0766 e. The molecule has 1 aromatic heterocycles. The minimum absolute atomic E-state index is 0.155. The molecule has 1 aliphatic rings. The van der Waals surface area contributed by atoms with Gasteiger partial charge in [0.1, 0.15) is 0 Å². The number of aryl methyl sites for hydroxylation is 2. The molecule has 0 amide bonds. The molecule has 16 heavy (non-hydrogen) atoms. The Labute approximate surface area is 104 Å². The Bertz CT molecular complexity index is 396. The minimum Gasteiger partial charge on any atom is -0.389 e. The number of aromatic nitrogens is 2. The van der Waals surface area contributed by atoms with Gasteiger partial charge in [0.2, 0.25) is 0 Å². The molecule has 90 valence electrons. The van der Waals surface area contributed by atoms with Gasteiger partial charge in [-0.15, -0.1) is 0 Å². The largest absolute Gasteiger partial charge is 0.389 e. The van der Waals surface area contributed by atoms with Crippen LogP contribution in [0.2, 0.25) is 0 Å². The number of nitrogens with zero attached hydrogens (tertiary/aromatic N) is 2. The van der Waals surface area contributed by atoms with E-state index in [2.05, 4.69) is 28.0 Å². The smallest absolute Gasteiger partial charge is 0.0766 e. The lowest BCUT2D eigenvalue weighted by Gasteiger charge is -2.41. The van der Waals surface area contributed by atoms with E-state index in [1.54, 1.807) is 0 Å². The van der Waals surface area contributed by atoms with Crippen LogP contribution >= 0.6 is 15.9 Å². The van der Waals surface area contributed by atoms with Gasteiger partial charge in [0, 0.05) is 19.5 Å². The first-order chi connectivity index (χ1) is 7.45. The lowest BCUT2D eigenvalue weighted by atomic mass is 9.73. The summed E-state index contributed by atoms with van der Waals surface area (Å²) in [6.45, 7) is 2.07. The molecule has 1 heterocycles. The van der Waals surface area contributed by atoms with Crippen LogP contribution in [-0.2, 0) is 19.9 Å². The van der Waals surface area contributed by atoms with Crippen LogP contribution in [0.3, 0.4) is 0 Å². The van der Waals surface area contributed by atoms with E-state index in [0.29, 0.717) is 19.3 Å². The van der Waals surface area contributed by atoms with Crippen LogP contribution in [0.25, 0.3) is 0 Å². The average molecular weight is 288 g/mol. The van der Waals surface area contributed by atoms with E-state index in [1.165, 1.54) is 0 Å². The van der Waals surface area contributed by atoms with Crippen LogP contribution in [0, 0.1) is 0 Å². The van der Waals surface area contributed by atoms with Crippen molar-refractivity contribution in [1.82, 2.24) is 9.78 Å². The van der Waals surface area contributed by atoms with E-state index in [-0.39, 0.29) is 6.04 Å². The number of hydrogen-bond donors (Lipinski definition) is 2. The molecule has 0 aliphatic heterocycles. The van der Waals surface area contributed by atoms with Crippen molar-refractivity contribution in [3.05, 3.63) is 15.9 Å². The quantitative estimate of drug-likeness (QED) is 0.876. The summed E-state index contributed by atoms with van der Waals surface area (Å²) in [5, 5.41) is 14.6. The van der Waals surface area contributed by atoms with Crippen molar-refractivity contribution in [3.63, 3.8) is 0 Å². The monoisotopic (exact) mass is 287 g/mol. The third-order valence-electron chi connectivity index (χ3n) is 3.28. The van der Waals surface area contributed by atoms with Gasteiger partial charge in [-0.2, -0.15) is 5.10 Å². The fraction of sp³-hybridized carbons (Fsp3) is 0.727. The van der Waals surface area contributed by atoms with Gasteiger partial charge in [-0.3, -0.25) is 4.68 Å². The van der Waals surface area contributed by atoms with Crippen LogP contribution in [0.4, 0.5) is 0 Å². The third-order valence-corrected chi connectivity index (χ3v) is 4.20. The summed E-state index contributed by atoms with van der Waals surface area (Å²) < 4.78 is 2.89. The Kier molecular flexibility index (Phi) is 3.11. The summed E-state index contributed by atoms with van der Waals surface area (Å²) in [6, 6.07) is 0.155. The number of aliphatic hydroxyl groups is 1. The van der Waals surface area contributed by atoms with E-state index in [0.717, 1.165) is 22.3 Å². The summed E-state index contributed by atoms with van der Waals surface area (Å²) in [5.41, 5.74) is 7.20. The zero-order valence-corrected chi connectivity index (χ0v) is 11.3. The third kappa shape index (κ3) is 2.04. The van der Waals surface area contributed by atoms with Crippen molar-refractivity contribution in [2.75, 3.05) is 0 Å². The molecule has 0 spiro atoms. The first-order valence-corrected chi connectivity index (χ1v) is 6.42. The van der Waals surface area contributed by atoms with E-state index in [1.807, 2.05) is 11.7 Å². The highest BCUT2D eigenvalue weighted by Gasteiger charge is 2.41. The van der Waals surface area contributed by atoms with Gasteiger partial charge in [-0.25, -0.2) is 0 Å². The summed E-state index contributed by atoms with van der Waals surface area (Å²) in [5.74, 6) is 0. The maximum absolute atomic E-state index is 10.2. The van der Waals surface area contributed by atoms with Crippen molar-refractivity contribution in [2.45, 2.75) is 44.2 Å². The molecule has 1 aromatic rings. The van der Waals surface area contributed by atoms with Crippen LogP contribution in [-0.4, -0.2) is 26.5 Å². The van der Waals surface area contributed by atoms with Gasteiger partial charge in [0.05, 0.1) is 21.5 Å². The predicted molar refractivity (Wildman–Crippen MR) is 66.1 cm³/mol. The second-order valence-electron chi connectivity index (χ2n) is 4.75. The van der Waals surface area contributed by atoms with E-state index >= 15 is 0 Å². The molecule has 0 atom stereocenters. The molecule has 0 aromatic carbocycles. The van der Waals surface area contributed by atoms with E-state index < -0.39 is 5.60 Å². The lowest BCUT2D eigenvalue weighted by Crippen LogP contribution is -2.53. The molecule has 1 saturated carbocycles. The Morgan fingerprint density at radius 2 is 2.25 bits per heavy atom.